The van der Waals surface area contributed by atoms with Gasteiger partial charge in [-0.05, 0) is 30.3 Å². The lowest BCUT2D eigenvalue weighted by atomic mass is 10.3. The molecule has 0 aliphatic rings. The van der Waals surface area contributed by atoms with E-state index in [2.05, 4.69) is 31.7 Å². The Morgan fingerprint density at radius 1 is 1.32 bits per heavy atom. The molecule has 0 fully saturated rings. The van der Waals surface area contributed by atoms with Crippen LogP contribution in [0, 0.1) is 0 Å². The lowest BCUT2D eigenvalue weighted by Crippen LogP contribution is -2.16. The topological polar surface area (TPSA) is 80.0 Å². The molecule has 1 heterocycles. The van der Waals surface area contributed by atoms with Crippen molar-refractivity contribution in [3.05, 3.63) is 51.6 Å². The van der Waals surface area contributed by atoms with E-state index in [-0.39, 0.29) is 11.6 Å². The largest absolute Gasteiger partial charge is 0.319 e. The molecule has 2 rings (SSSR count). The SMILES string of the molecule is NNc1cccc(C(=O)Nc2ccc(Br)cc2Cl)n1. The minimum absolute atomic E-state index is 0.245. The number of carbonyl (C=O) groups is 1. The summed E-state index contributed by atoms with van der Waals surface area (Å²) in [6.07, 6.45) is 0. The fourth-order valence-corrected chi connectivity index (χ4v) is 2.14. The third kappa shape index (κ3) is 3.44. The van der Waals surface area contributed by atoms with E-state index in [1.807, 2.05) is 0 Å². The van der Waals surface area contributed by atoms with Gasteiger partial charge in [-0.2, -0.15) is 0 Å². The van der Waals surface area contributed by atoms with Crippen molar-refractivity contribution in [3.8, 4) is 0 Å². The molecule has 0 atom stereocenters. The number of amides is 1. The molecule has 7 heteroatoms. The van der Waals surface area contributed by atoms with Crippen LogP contribution in [0.5, 0.6) is 0 Å². The minimum Gasteiger partial charge on any atom is -0.319 e. The number of nitrogens with two attached hydrogens (primary N) is 1. The molecule has 98 valence electrons. The average molecular weight is 342 g/mol. The Labute approximate surface area is 123 Å². The predicted octanol–water partition coefficient (Wildman–Crippen LogP) is 3.04. The Morgan fingerprint density at radius 3 is 2.79 bits per heavy atom. The Balaban J connectivity index is 2.20. The normalized spacial score (nSPS) is 10.1. The third-order valence-electron chi connectivity index (χ3n) is 2.31. The van der Waals surface area contributed by atoms with Gasteiger partial charge in [0.2, 0.25) is 0 Å². The van der Waals surface area contributed by atoms with E-state index in [9.17, 15) is 4.79 Å². The van der Waals surface area contributed by atoms with Crippen molar-refractivity contribution in [2.45, 2.75) is 0 Å². The number of nitrogens with one attached hydrogen (secondary N) is 2. The summed E-state index contributed by atoms with van der Waals surface area (Å²) in [4.78, 5) is 16.0. The lowest BCUT2D eigenvalue weighted by molar-refractivity contribution is 0.102. The monoisotopic (exact) mass is 340 g/mol. The maximum atomic E-state index is 12.0. The second-order valence-electron chi connectivity index (χ2n) is 3.63. The second kappa shape index (κ2) is 6.01. The van der Waals surface area contributed by atoms with Crippen LogP contribution < -0.4 is 16.6 Å². The number of halogens is 2. The molecule has 1 amide bonds. The summed E-state index contributed by atoms with van der Waals surface area (Å²) in [6.45, 7) is 0. The third-order valence-corrected chi connectivity index (χ3v) is 3.11. The first-order valence-electron chi connectivity index (χ1n) is 5.30. The summed E-state index contributed by atoms with van der Waals surface area (Å²) in [5.74, 6) is 5.29. The molecule has 0 saturated carbocycles. The van der Waals surface area contributed by atoms with Gasteiger partial charge < -0.3 is 10.7 Å². The van der Waals surface area contributed by atoms with Crippen LogP contribution in [0.25, 0.3) is 0 Å². The van der Waals surface area contributed by atoms with E-state index >= 15 is 0 Å². The van der Waals surface area contributed by atoms with E-state index < -0.39 is 0 Å². The number of hydrogen-bond donors (Lipinski definition) is 3. The summed E-state index contributed by atoms with van der Waals surface area (Å²) in [6, 6.07) is 10.1. The smallest absolute Gasteiger partial charge is 0.274 e. The van der Waals surface area contributed by atoms with Crippen LogP contribution >= 0.6 is 27.5 Å². The zero-order valence-corrected chi connectivity index (χ0v) is 12.0. The molecule has 0 spiro atoms. The second-order valence-corrected chi connectivity index (χ2v) is 4.95. The number of anilines is 2. The maximum absolute atomic E-state index is 12.0. The van der Waals surface area contributed by atoms with Crippen molar-refractivity contribution in [3.63, 3.8) is 0 Å². The van der Waals surface area contributed by atoms with Crippen LogP contribution in [0.3, 0.4) is 0 Å². The van der Waals surface area contributed by atoms with Gasteiger partial charge in [0.05, 0.1) is 10.7 Å². The van der Waals surface area contributed by atoms with E-state index in [0.717, 1.165) is 4.47 Å². The van der Waals surface area contributed by atoms with Crippen LogP contribution in [0.15, 0.2) is 40.9 Å². The van der Waals surface area contributed by atoms with Gasteiger partial charge in [-0.15, -0.1) is 0 Å². The Kier molecular flexibility index (Phi) is 4.36. The van der Waals surface area contributed by atoms with Crippen molar-refractivity contribution in [1.29, 1.82) is 0 Å². The highest BCUT2D eigenvalue weighted by Crippen LogP contribution is 2.25. The van der Waals surface area contributed by atoms with Crippen molar-refractivity contribution < 1.29 is 4.79 Å². The van der Waals surface area contributed by atoms with Crippen molar-refractivity contribution >= 4 is 44.9 Å². The van der Waals surface area contributed by atoms with Crippen LogP contribution in [-0.2, 0) is 0 Å². The number of aromatic nitrogens is 1. The fraction of sp³-hybridized carbons (Fsp3) is 0. The molecule has 0 unspecified atom stereocenters. The molecule has 1 aromatic heterocycles. The first-order chi connectivity index (χ1) is 9.10. The van der Waals surface area contributed by atoms with E-state index in [1.54, 1.807) is 36.4 Å². The van der Waals surface area contributed by atoms with Crippen molar-refractivity contribution in [2.75, 3.05) is 10.7 Å². The van der Waals surface area contributed by atoms with Gasteiger partial charge >= 0.3 is 0 Å². The standard InChI is InChI=1S/C12H10BrClN4O/c13-7-4-5-9(8(14)6-7)17-12(19)10-2-1-3-11(16-10)18-15/h1-6H,15H2,(H,16,18)(H,17,19). The number of benzene rings is 1. The maximum Gasteiger partial charge on any atom is 0.274 e. The fourth-order valence-electron chi connectivity index (χ4n) is 1.42. The first-order valence-corrected chi connectivity index (χ1v) is 6.47. The molecule has 1 aromatic carbocycles. The number of hydrazine groups is 1. The molecule has 0 aliphatic carbocycles. The molecule has 2 aromatic rings. The van der Waals surface area contributed by atoms with Gasteiger partial charge in [0.25, 0.3) is 5.91 Å². The van der Waals surface area contributed by atoms with Crippen molar-refractivity contribution in [1.82, 2.24) is 4.98 Å². The summed E-state index contributed by atoms with van der Waals surface area (Å²) in [7, 11) is 0. The molecular weight excluding hydrogens is 332 g/mol. The van der Waals surface area contributed by atoms with Gasteiger partial charge in [-0.25, -0.2) is 10.8 Å². The molecule has 0 bridgehead atoms. The quantitative estimate of drug-likeness (QED) is 0.592. The lowest BCUT2D eigenvalue weighted by Gasteiger charge is -2.08. The Morgan fingerprint density at radius 2 is 2.11 bits per heavy atom. The Bertz CT molecular complexity index is 620. The number of carbonyl (C=O) groups excluding carboxylic acids is 1. The average Bonchev–Trinajstić information content (AvgIpc) is 2.42. The summed E-state index contributed by atoms with van der Waals surface area (Å²) < 4.78 is 0.836. The molecule has 0 aliphatic heterocycles. The van der Waals surface area contributed by atoms with Crippen molar-refractivity contribution in [2.24, 2.45) is 5.84 Å². The molecule has 19 heavy (non-hydrogen) atoms. The van der Waals surface area contributed by atoms with Crippen LogP contribution in [0.4, 0.5) is 11.5 Å². The van der Waals surface area contributed by atoms with Gasteiger partial charge in [0, 0.05) is 4.47 Å². The Hall–Kier alpha value is -1.63. The van der Waals surface area contributed by atoms with Crippen LogP contribution in [0.1, 0.15) is 10.5 Å². The predicted molar refractivity (Wildman–Crippen MR) is 79.2 cm³/mol. The zero-order valence-electron chi connectivity index (χ0n) is 9.65. The minimum atomic E-state index is -0.360. The molecule has 5 nitrogen and oxygen atoms in total. The van der Waals surface area contributed by atoms with Gasteiger partial charge in [-0.1, -0.05) is 33.6 Å². The highest BCUT2D eigenvalue weighted by molar-refractivity contribution is 9.10. The van der Waals surface area contributed by atoms with E-state index in [4.69, 9.17) is 17.4 Å². The summed E-state index contributed by atoms with van der Waals surface area (Å²) in [5.41, 5.74) is 3.14. The van der Waals surface area contributed by atoms with Crippen LogP contribution in [-0.4, -0.2) is 10.9 Å². The molecule has 4 N–H and O–H groups in total. The van der Waals surface area contributed by atoms with E-state index in [1.165, 1.54) is 0 Å². The summed E-state index contributed by atoms with van der Waals surface area (Å²) in [5, 5.41) is 3.12. The molecule has 0 radical (unpaired) electrons. The number of hydrogen-bond acceptors (Lipinski definition) is 4. The zero-order chi connectivity index (χ0) is 13.8. The van der Waals surface area contributed by atoms with Gasteiger partial charge in [0.15, 0.2) is 0 Å². The first kappa shape index (κ1) is 13.8. The number of nitrogens with zero attached hydrogens (tertiary/aromatic N) is 1. The number of nitrogen functional groups attached to an aromatic ring is 1. The molecular formula is C12H10BrClN4O. The number of pyridine rings is 1. The summed E-state index contributed by atoms with van der Waals surface area (Å²) >= 11 is 9.32. The van der Waals surface area contributed by atoms with E-state index in [0.29, 0.717) is 16.5 Å². The van der Waals surface area contributed by atoms with Gasteiger partial charge in [-0.3, -0.25) is 4.79 Å². The molecule has 0 saturated heterocycles. The van der Waals surface area contributed by atoms with Gasteiger partial charge in [0.1, 0.15) is 11.5 Å². The van der Waals surface area contributed by atoms with Crippen LogP contribution in [0.2, 0.25) is 5.02 Å². The highest BCUT2D eigenvalue weighted by Gasteiger charge is 2.10. The number of rotatable bonds is 3. The highest BCUT2D eigenvalue weighted by atomic mass is 79.9.